The molecule has 0 amide bonds. The number of phenols is 1. The summed E-state index contributed by atoms with van der Waals surface area (Å²) in [6.45, 7) is 1.68. The highest BCUT2D eigenvalue weighted by Gasteiger charge is 2.07. The van der Waals surface area contributed by atoms with E-state index in [0.29, 0.717) is 11.3 Å². The van der Waals surface area contributed by atoms with Gasteiger partial charge in [0.05, 0.1) is 5.69 Å². The lowest BCUT2D eigenvalue weighted by Gasteiger charge is -2.00. The van der Waals surface area contributed by atoms with Gasteiger partial charge in [0.2, 0.25) is 0 Å². The third-order valence-corrected chi connectivity index (χ3v) is 2.70. The van der Waals surface area contributed by atoms with Crippen molar-refractivity contribution in [3.63, 3.8) is 0 Å². The number of rotatable bonds is 2. The van der Waals surface area contributed by atoms with Gasteiger partial charge >= 0.3 is 0 Å². The smallest absolute Gasteiger partial charge is 0.282 e. The van der Waals surface area contributed by atoms with Gasteiger partial charge < -0.3 is 5.11 Å². The molecule has 1 aromatic heterocycles. The fourth-order valence-electron chi connectivity index (χ4n) is 1.61. The number of benzene rings is 1. The van der Waals surface area contributed by atoms with Crippen LogP contribution in [0, 0.1) is 18.3 Å². The Hall–Kier alpha value is -2.87. The normalized spacial score (nSPS) is 10.5. The Bertz CT molecular complexity index is 722. The van der Waals surface area contributed by atoms with E-state index in [0.717, 1.165) is 5.56 Å². The van der Waals surface area contributed by atoms with E-state index in [2.05, 4.69) is 10.2 Å². The van der Waals surface area contributed by atoms with Crippen LogP contribution in [0.1, 0.15) is 22.4 Å². The molecule has 0 saturated heterocycles. The van der Waals surface area contributed by atoms with E-state index in [1.807, 2.05) is 6.07 Å². The predicted molar refractivity (Wildman–Crippen MR) is 71.3 cm³/mol. The fraction of sp³-hybridized carbons (Fsp3) is 0.0714. The molecule has 2 rings (SSSR count). The first kappa shape index (κ1) is 12.6. The summed E-state index contributed by atoms with van der Waals surface area (Å²) in [6.07, 6.45) is 3.49. The van der Waals surface area contributed by atoms with Crippen LogP contribution in [0.15, 0.2) is 29.1 Å². The lowest BCUT2D eigenvalue weighted by Crippen LogP contribution is -2.15. The molecular weight excluding hydrogens is 242 g/mol. The van der Waals surface area contributed by atoms with Gasteiger partial charge in [-0.1, -0.05) is 18.2 Å². The molecule has 0 aliphatic heterocycles. The van der Waals surface area contributed by atoms with Gasteiger partial charge in [0.15, 0.2) is 0 Å². The number of nitrogens with zero attached hydrogens (tertiary/aromatic N) is 2. The van der Waals surface area contributed by atoms with Crippen LogP contribution >= 0.6 is 0 Å². The van der Waals surface area contributed by atoms with Crippen molar-refractivity contribution >= 4 is 12.2 Å². The zero-order chi connectivity index (χ0) is 13.8. The van der Waals surface area contributed by atoms with Crippen LogP contribution in [-0.4, -0.2) is 15.3 Å². The van der Waals surface area contributed by atoms with Gasteiger partial charge in [0.25, 0.3) is 5.56 Å². The molecule has 0 bridgehead atoms. The Kier molecular flexibility index (Phi) is 3.44. The molecule has 94 valence electrons. The van der Waals surface area contributed by atoms with Crippen molar-refractivity contribution in [3.8, 4) is 11.8 Å². The first-order chi connectivity index (χ1) is 9.11. The largest absolute Gasteiger partial charge is 0.508 e. The third-order valence-electron chi connectivity index (χ3n) is 2.70. The zero-order valence-electron chi connectivity index (χ0n) is 10.2. The van der Waals surface area contributed by atoms with Crippen molar-refractivity contribution in [3.05, 3.63) is 57.0 Å². The van der Waals surface area contributed by atoms with Crippen LogP contribution in [0.5, 0.6) is 5.75 Å². The van der Waals surface area contributed by atoms with Crippen LogP contribution in [-0.2, 0) is 0 Å². The Labute approximate surface area is 109 Å². The standard InChI is InChI=1S/C14H11N3O2/c1-9-12(8-15)14(19)17-16-13(9)7-4-10-2-5-11(18)6-3-10/h2-7,18H,1H3,(H,17,19)/b7-4+. The van der Waals surface area contributed by atoms with Gasteiger partial charge in [0, 0.05) is 0 Å². The maximum atomic E-state index is 11.3. The van der Waals surface area contributed by atoms with E-state index >= 15 is 0 Å². The SMILES string of the molecule is Cc1c(/C=C/c2ccc(O)cc2)n[nH]c(=O)c1C#N. The molecule has 5 heteroatoms. The second-order valence-electron chi connectivity index (χ2n) is 3.97. The van der Waals surface area contributed by atoms with E-state index in [-0.39, 0.29) is 11.3 Å². The maximum absolute atomic E-state index is 11.3. The van der Waals surface area contributed by atoms with Crippen LogP contribution in [0.3, 0.4) is 0 Å². The van der Waals surface area contributed by atoms with E-state index in [1.54, 1.807) is 43.3 Å². The van der Waals surface area contributed by atoms with Crippen molar-refractivity contribution in [2.45, 2.75) is 6.92 Å². The minimum absolute atomic E-state index is 0.0698. The molecule has 19 heavy (non-hydrogen) atoms. The molecule has 2 aromatic rings. The summed E-state index contributed by atoms with van der Waals surface area (Å²) in [5.41, 5.74) is 1.54. The van der Waals surface area contributed by atoms with Crippen LogP contribution in [0.4, 0.5) is 0 Å². The van der Waals surface area contributed by atoms with Crippen molar-refractivity contribution in [2.75, 3.05) is 0 Å². The summed E-state index contributed by atoms with van der Waals surface area (Å²) in [5, 5.41) is 24.2. The molecule has 2 N–H and O–H groups in total. The van der Waals surface area contributed by atoms with Crippen molar-refractivity contribution in [2.24, 2.45) is 0 Å². The van der Waals surface area contributed by atoms with Crippen molar-refractivity contribution in [1.29, 1.82) is 5.26 Å². The molecular formula is C14H11N3O2. The minimum Gasteiger partial charge on any atom is -0.508 e. The summed E-state index contributed by atoms with van der Waals surface area (Å²) in [5.74, 6) is 0.197. The van der Waals surface area contributed by atoms with Crippen LogP contribution < -0.4 is 5.56 Å². The number of phenolic OH excluding ortho intramolecular Hbond substituents is 1. The highest BCUT2D eigenvalue weighted by Crippen LogP contribution is 2.13. The Balaban J connectivity index is 2.37. The molecule has 0 atom stereocenters. The quantitative estimate of drug-likeness (QED) is 0.854. The van der Waals surface area contributed by atoms with Crippen LogP contribution in [0.2, 0.25) is 0 Å². The Morgan fingerprint density at radius 3 is 2.63 bits per heavy atom. The second-order valence-corrected chi connectivity index (χ2v) is 3.97. The molecule has 0 radical (unpaired) electrons. The highest BCUT2D eigenvalue weighted by atomic mass is 16.3. The molecule has 1 heterocycles. The average molecular weight is 253 g/mol. The van der Waals surface area contributed by atoms with Gasteiger partial charge in [-0.25, -0.2) is 5.10 Å². The fourth-order valence-corrected chi connectivity index (χ4v) is 1.61. The monoisotopic (exact) mass is 253 g/mol. The van der Waals surface area contributed by atoms with Gasteiger partial charge in [-0.05, 0) is 36.3 Å². The van der Waals surface area contributed by atoms with Gasteiger partial charge in [-0.2, -0.15) is 10.4 Å². The van der Waals surface area contributed by atoms with E-state index in [4.69, 9.17) is 5.26 Å². The molecule has 0 aliphatic rings. The predicted octanol–water partition coefficient (Wildman–Crippen LogP) is 1.83. The van der Waals surface area contributed by atoms with E-state index < -0.39 is 5.56 Å². The summed E-state index contributed by atoms with van der Waals surface area (Å²) < 4.78 is 0. The molecule has 0 aliphatic carbocycles. The van der Waals surface area contributed by atoms with Crippen LogP contribution in [0.25, 0.3) is 12.2 Å². The van der Waals surface area contributed by atoms with E-state index in [1.165, 1.54) is 0 Å². The molecule has 5 nitrogen and oxygen atoms in total. The molecule has 0 spiro atoms. The number of hydrogen-bond donors (Lipinski definition) is 2. The van der Waals surface area contributed by atoms with Gasteiger partial charge in [0.1, 0.15) is 17.4 Å². The number of aromatic amines is 1. The molecule has 0 fully saturated rings. The average Bonchev–Trinajstić information content (AvgIpc) is 2.40. The Morgan fingerprint density at radius 1 is 1.32 bits per heavy atom. The van der Waals surface area contributed by atoms with Crippen molar-refractivity contribution in [1.82, 2.24) is 10.2 Å². The number of aromatic hydroxyl groups is 1. The number of H-pyrrole nitrogens is 1. The van der Waals surface area contributed by atoms with E-state index in [9.17, 15) is 9.90 Å². The lowest BCUT2D eigenvalue weighted by atomic mass is 10.1. The third kappa shape index (κ3) is 2.69. The number of nitriles is 1. The second kappa shape index (κ2) is 5.19. The zero-order valence-corrected chi connectivity index (χ0v) is 10.2. The molecule has 1 aromatic carbocycles. The number of nitrogens with one attached hydrogen (secondary N) is 1. The summed E-state index contributed by atoms with van der Waals surface area (Å²) >= 11 is 0. The summed E-state index contributed by atoms with van der Waals surface area (Å²) in [4.78, 5) is 11.3. The molecule has 0 unspecified atom stereocenters. The lowest BCUT2D eigenvalue weighted by molar-refractivity contribution is 0.475. The number of aromatic nitrogens is 2. The van der Waals surface area contributed by atoms with Crippen molar-refractivity contribution < 1.29 is 5.11 Å². The number of hydrogen-bond acceptors (Lipinski definition) is 4. The van der Waals surface area contributed by atoms with Gasteiger partial charge in [-0.15, -0.1) is 0 Å². The first-order valence-corrected chi connectivity index (χ1v) is 5.58. The minimum atomic E-state index is -0.484. The maximum Gasteiger partial charge on any atom is 0.282 e. The Morgan fingerprint density at radius 2 is 2.00 bits per heavy atom. The molecule has 0 saturated carbocycles. The first-order valence-electron chi connectivity index (χ1n) is 5.58. The topological polar surface area (TPSA) is 89.8 Å². The highest BCUT2D eigenvalue weighted by molar-refractivity contribution is 5.70. The summed E-state index contributed by atoms with van der Waals surface area (Å²) in [6, 6.07) is 8.51. The van der Waals surface area contributed by atoms with Gasteiger partial charge in [-0.3, -0.25) is 4.79 Å². The summed E-state index contributed by atoms with van der Waals surface area (Å²) in [7, 11) is 0.